The molecule has 1 fully saturated rings. The van der Waals surface area contributed by atoms with Crippen molar-refractivity contribution in [1.29, 1.82) is 0 Å². The van der Waals surface area contributed by atoms with Crippen molar-refractivity contribution < 1.29 is 9.53 Å². The average Bonchev–Trinajstić information content (AvgIpc) is 3.23. The molecule has 32 heavy (non-hydrogen) atoms. The van der Waals surface area contributed by atoms with Gasteiger partial charge in [-0.25, -0.2) is 4.98 Å². The monoisotopic (exact) mass is 453 g/mol. The van der Waals surface area contributed by atoms with Crippen LogP contribution in [0.15, 0.2) is 42.5 Å². The summed E-state index contributed by atoms with van der Waals surface area (Å²) in [5, 5.41) is 4.11. The Morgan fingerprint density at radius 1 is 1.12 bits per heavy atom. The van der Waals surface area contributed by atoms with Gasteiger partial charge in [-0.2, -0.15) is 0 Å². The van der Waals surface area contributed by atoms with Gasteiger partial charge in [0.05, 0.1) is 16.8 Å². The van der Waals surface area contributed by atoms with Gasteiger partial charge >= 0.3 is 0 Å². The fraction of sp³-hybridized carbons (Fsp3) is 0.417. The van der Waals surface area contributed by atoms with E-state index in [1.807, 2.05) is 62.3 Å². The highest BCUT2D eigenvalue weighted by Crippen LogP contribution is 2.31. The molecule has 1 N–H and O–H groups in total. The number of hydrogen-bond donors (Lipinski definition) is 1. The highest BCUT2D eigenvalue weighted by Gasteiger charge is 2.20. The Bertz CT molecular complexity index is 1040. The first-order valence-electron chi connectivity index (χ1n) is 11.1. The molecule has 170 valence electrons. The number of hydrogen-bond acceptors (Lipinski definition) is 7. The van der Waals surface area contributed by atoms with E-state index in [1.54, 1.807) is 11.3 Å². The zero-order valence-corrected chi connectivity index (χ0v) is 19.8. The summed E-state index contributed by atoms with van der Waals surface area (Å²) in [5.41, 5.74) is 2.81. The summed E-state index contributed by atoms with van der Waals surface area (Å²) in [6.45, 7) is 7.98. The minimum atomic E-state index is -0.0187. The topological polar surface area (TPSA) is 60.9 Å². The maximum absolute atomic E-state index is 12.4. The maximum Gasteiger partial charge on any atom is 0.251 e. The molecular weight excluding hydrogens is 422 g/mol. The smallest absolute Gasteiger partial charge is 0.251 e. The Morgan fingerprint density at radius 3 is 2.56 bits per heavy atom. The lowest BCUT2D eigenvalue weighted by molar-refractivity contribution is 0.0948. The number of piperazine rings is 1. The molecule has 4 rings (SSSR count). The Balaban J connectivity index is 1.23. The van der Waals surface area contributed by atoms with Crippen LogP contribution in [0.3, 0.4) is 0 Å². The van der Waals surface area contributed by atoms with Gasteiger partial charge in [-0.1, -0.05) is 11.3 Å². The highest BCUT2D eigenvalue weighted by molar-refractivity contribution is 7.22. The third-order valence-corrected chi connectivity index (χ3v) is 6.74. The number of thiazole rings is 1. The lowest BCUT2D eigenvalue weighted by Gasteiger charge is -2.34. The van der Waals surface area contributed by atoms with Crippen LogP contribution < -0.4 is 19.9 Å². The van der Waals surface area contributed by atoms with Crippen LogP contribution in [0.25, 0.3) is 10.2 Å². The molecular formula is C24H31N5O2S. The molecule has 0 saturated carbocycles. The van der Waals surface area contributed by atoms with E-state index >= 15 is 0 Å². The van der Waals surface area contributed by atoms with E-state index in [0.717, 1.165) is 59.5 Å². The largest absolute Gasteiger partial charge is 0.494 e. The first-order valence-corrected chi connectivity index (χ1v) is 11.9. The van der Waals surface area contributed by atoms with Gasteiger partial charge in [-0.3, -0.25) is 9.69 Å². The number of anilines is 2. The molecule has 7 nitrogen and oxygen atoms in total. The van der Waals surface area contributed by atoms with Gasteiger partial charge in [-0.15, -0.1) is 0 Å². The molecule has 8 heteroatoms. The number of aromatic nitrogens is 1. The van der Waals surface area contributed by atoms with Crippen molar-refractivity contribution in [1.82, 2.24) is 15.2 Å². The fourth-order valence-corrected chi connectivity index (χ4v) is 4.83. The first-order chi connectivity index (χ1) is 15.5. The summed E-state index contributed by atoms with van der Waals surface area (Å²) in [6.07, 6.45) is 0. The first kappa shape index (κ1) is 22.4. The number of benzene rings is 2. The summed E-state index contributed by atoms with van der Waals surface area (Å²) in [7, 11) is 3.98. The van der Waals surface area contributed by atoms with E-state index in [0.29, 0.717) is 18.7 Å². The third kappa shape index (κ3) is 5.31. The van der Waals surface area contributed by atoms with Crippen molar-refractivity contribution in [2.24, 2.45) is 0 Å². The van der Waals surface area contributed by atoms with Gasteiger partial charge in [0.2, 0.25) is 0 Å². The third-order valence-electron chi connectivity index (χ3n) is 5.66. The molecule has 0 aliphatic carbocycles. The molecule has 1 saturated heterocycles. The summed E-state index contributed by atoms with van der Waals surface area (Å²) in [6, 6.07) is 13.8. The highest BCUT2D eigenvalue weighted by atomic mass is 32.1. The Kier molecular flexibility index (Phi) is 7.12. The number of amides is 1. The molecule has 0 unspecified atom stereocenters. The average molecular weight is 454 g/mol. The number of nitrogens with one attached hydrogen (secondary N) is 1. The number of rotatable bonds is 8. The summed E-state index contributed by atoms with van der Waals surface area (Å²) in [5.74, 6) is 0.880. The van der Waals surface area contributed by atoms with Crippen LogP contribution in [0.2, 0.25) is 0 Å². The van der Waals surface area contributed by atoms with Gasteiger partial charge in [-0.05, 0) is 49.4 Å². The van der Waals surface area contributed by atoms with E-state index in [9.17, 15) is 4.79 Å². The van der Waals surface area contributed by atoms with Crippen molar-refractivity contribution >= 4 is 38.3 Å². The molecule has 2 aromatic carbocycles. The summed E-state index contributed by atoms with van der Waals surface area (Å²) >= 11 is 1.72. The molecule has 0 atom stereocenters. The van der Waals surface area contributed by atoms with Crippen LogP contribution >= 0.6 is 11.3 Å². The molecule has 1 amide bonds. The second-order valence-electron chi connectivity index (χ2n) is 8.08. The molecule has 0 spiro atoms. The molecule has 0 bridgehead atoms. The minimum Gasteiger partial charge on any atom is -0.494 e. The Hall–Kier alpha value is -2.84. The predicted octanol–water partition coefficient (Wildman–Crippen LogP) is 3.31. The Morgan fingerprint density at radius 2 is 1.88 bits per heavy atom. The van der Waals surface area contributed by atoms with E-state index in [-0.39, 0.29) is 5.91 Å². The van der Waals surface area contributed by atoms with Gasteiger partial charge in [0.15, 0.2) is 5.13 Å². The van der Waals surface area contributed by atoms with Gasteiger partial charge in [0.1, 0.15) is 5.75 Å². The molecule has 3 aromatic rings. The lowest BCUT2D eigenvalue weighted by atomic mass is 10.2. The van der Waals surface area contributed by atoms with Gasteiger partial charge in [0, 0.05) is 64.6 Å². The number of carbonyl (C=O) groups excluding carboxylic acids is 1. The van der Waals surface area contributed by atoms with E-state index in [4.69, 9.17) is 9.72 Å². The zero-order valence-electron chi connectivity index (χ0n) is 19.0. The quantitative estimate of drug-likeness (QED) is 0.565. The summed E-state index contributed by atoms with van der Waals surface area (Å²) < 4.78 is 6.77. The van der Waals surface area contributed by atoms with Crippen molar-refractivity contribution in [3.05, 3.63) is 48.0 Å². The van der Waals surface area contributed by atoms with Crippen LogP contribution in [-0.2, 0) is 0 Å². The second kappa shape index (κ2) is 10.2. The molecule has 1 aromatic heterocycles. The summed E-state index contributed by atoms with van der Waals surface area (Å²) in [4.78, 5) is 24.0. The van der Waals surface area contributed by atoms with Crippen molar-refractivity contribution in [2.45, 2.75) is 6.92 Å². The number of carbonyl (C=O) groups is 1. The predicted molar refractivity (Wildman–Crippen MR) is 133 cm³/mol. The number of ether oxygens (including phenoxy) is 1. The minimum absolute atomic E-state index is 0.0187. The SMILES string of the molecule is CCOc1ccc2nc(N3CCN(CCNC(=O)c4ccc(N(C)C)cc4)CC3)sc2c1. The maximum atomic E-state index is 12.4. The van der Waals surface area contributed by atoms with Gasteiger partial charge in [0.25, 0.3) is 5.91 Å². The van der Waals surface area contributed by atoms with Crippen LogP contribution in [0, 0.1) is 0 Å². The van der Waals surface area contributed by atoms with Crippen molar-refractivity contribution in [3.63, 3.8) is 0 Å². The van der Waals surface area contributed by atoms with Crippen molar-refractivity contribution in [3.8, 4) is 5.75 Å². The standard InChI is InChI=1S/C24H31N5O2S/c1-4-31-20-9-10-21-22(17-20)32-24(26-21)29-15-13-28(14-16-29)12-11-25-23(30)18-5-7-19(8-6-18)27(2)3/h5-10,17H,4,11-16H2,1-3H3,(H,25,30). The number of fused-ring (bicyclic) bond motifs is 1. The van der Waals surface area contributed by atoms with E-state index < -0.39 is 0 Å². The zero-order chi connectivity index (χ0) is 22.5. The van der Waals surface area contributed by atoms with Crippen LogP contribution in [0.1, 0.15) is 17.3 Å². The molecule has 2 heterocycles. The second-order valence-corrected chi connectivity index (χ2v) is 9.09. The van der Waals surface area contributed by atoms with Crippen LogP contribution in [0.5, 0.6) is 5.75 Å². The van der Waals surface area contributed by atoms with Crippen LogP contribution in [0.4, 0.5) is 10.8 Å². The molecule has 1 aliphatic rings. The lowest BCUT2D eigenvalue weighted by Crippen LogP contribution is -2.48. The van der Waals surface area contributed by atoms with Gasteiger partial charge < -0.3 is 19.9 Å². The van der Waals surface area contributed by atoms with Crippen molar-refractivity contribution in [2.75, 3.05) is 69.8 Å². The van der Waals surface area contributed by atoms with E-state index in [1.165, 1.54) is 0 Å². The van der Waals surface area contributed by atoms with E-state index in [2.05, 4.69) is 21.2 Å². The van der Waals surface area contributed by atoms with Crippen LogP contribution in [-0.4, -0.2) is 75.8 Å². The fourth-order valence-electron chi connectivity index (χ4n) is 3.79. The molecule has 0 radical (unpaired) electrons. The number of nitrogens with zero attached hydrogens (tertiary/aromatic N) is 4. The Labute approximate surface area is 193 Å². The normalized spacial score (nSPS) is 14.5. The molecule has 1 aliphatic heterocycles.